The number of carbonyl (C=O) groups excluding carboxylic acids is 3. The first-order valence-electron chi connectivity index (χ1n) is 11.0. The third-order valence-electron chi connectivity index (χ3n) is 5.46. The highest BCUT2D eigenvalue weighted by Gasteiger charge is 2.31. The van der Waals surface area contributed by atoms with Gasteiger partial charge in [-0.3, -0.25) is 19.7 Å². The van der Waals surface area contributed by atoms with Crippen molar-refractivity contribution in [2.45, 2.75) is 11.7 Å². The van der Waals surface area contributed by atoms with Gasteiger partial charge in [0.05, 0.1) is 19.5 Å². The number of imide groups is 1. The van der Waals surface area contributed by atoms with E-state index in [2.05, 4.69) is 5.32 Å². The Kier molecular flexibility index (Phi) is 7.60. The zero-order valence-electron chi connectivity index (χ0n) is 19.6. The monoisotopic (exact) mass is 504 g/mol. The van der Waals surface area contributed by atoms with E-state index < -0.39 is 11.2 Å². The summed E-state index contributed by atoms with van der Waals surface area (Å²) in [5, 5.41) is 1.56. The molecule has 0 aromatic heterocycles. The molecule has 1 aliphatic heterocycles. The standard InChI is InChI=1S/C27H24N2O6S/c1-33-21-11-17(12-22(15-21)34-2)13-23(25(28)30)18-5-9-20(10-6-18)35-19-7-3-16(4-8-19)14-24-26(31)29-27(32)36-24/h3-13,15,24H,14H2,1-2H3,(H2,28,30)(H,29,31,32)/b23-13+. The summed E-state index contributed by atoms with van der Waals surface area (Å²) in [6, 6.07) is 19.6. The molecule has 1 saturated heterocycles. The van der Waals surface area contributed by atoms with Crippen molar-refractivity contribution in [3.05, 3.63) is 83.4 Å². The lowest BCUT2D eigenvalue weighted by molar-refractivity contribution is -0.119. The summed E-state index contributed by atoms with van der Waals surface area (Å²) in [6.45, 7) is 0. The van der Waals surface area contributed by atoms with Crippen LogP contribution in [0.15, 0.2) is 66.7 Å². The minimum absolute atomic E-state index is 0.264. The summed E-state index contributed by atoms with van der Waals surface area (Å²) in [6.07, 6.45) is 2.14. The first kappa shape index (κ1) is 24.9. The largest absolute Gasteiger partial charge is 0.497 e. The summed E-state index contributed by atoms with van der Waals surface area (Å²) in [5.74, 6) is 1.54. The van der Waals surface area contributed by atoms with Crippen LogP contribution in [0.25, 0.3) is 11.6 Å². The smallest absolute Gasteiger partial charge is 0.286 e. The highest BCUT2D eigenvalue weighted by Crippen LogP contribution is 2.29. The molecule has 3 N–H and O–H groups in total. The molecule has 1 unspecified atom stereocenters. The average Bonchev–Trinajstić information content (AvgIpc) is 3.20. The Morgan fingerprint density at radius 1 is 0.917 bits per heavy atom. The molecule has 36 heavy (non-hydrogen) atoms. The van der Waals surface area contributed by atoms with E-state index in [1.54, 1.807) is 74.9 Å². The van der Waals surface area contributed by atoms with E-state index in [0.717, 1.165) is 17.3 Å². The maximum absolute atomic E-state index is 12.2. The number of nitrogens with two attached hydrogens (primary N) is 1. The van der Waals surface area contributed by atoms with E-state index in [4.69, 9.17) is 19.9 Å². The summed E-state index contributed by atoms with van der Waals surface area (Å²) < 4.78 is 16.5. The van der Waals surface area contributed by atoms with E-state index in [1.807, 2.05) is 12.1 Å². The van der Waals surface area contributed by atoms with Gasteiger partial charge in [0.15, 0.2) is 0 Å². The van der Waals surface area contributed by atoms with Crippen molar-refractivity contribution < 1.29 is 28.6 Å². The molecular weight excluding hydrogens is 480 g/mol. The van der Waals surface area contributed by atoms with Gasteiger partial charge in [-0.1, -0.05) is 36.0 Å². The zero-order chi connectivity index (χ0) is 25.7. The highest BCUT2D eigenvalue weighted by molar-refractivity contribution is 8.15. The molecule has 0 aliphatic carbocycles. The van der Waals surface area contributed by atoms with Crippen LogP contribution in [0, 0.1) is 0 Å². The minimum Gasteiger partial charge on any atom is -0.497 e. The van der Waals surface area contributed by atoms with Crippen LogP contribution in [0.5, 0.6) is 23.0 Å². The molecule has 4 rings (SSSR count). The normalized spacial score (nSPS) is 15.4. The van der Waals surface area contributed by atoms with Crippen LogP contribution in [-0.4, -0.2) is 36.5 Å². The summed E-state index contributed by atoms with van der Waals surface area (Å²) in [5.41, 5.74) is 8.25. The Bertz CT molecular complexity index is 1300. The van der Waals surface area contributed by atoms with Crippen molar-refractivity contribution in [2.24, 2.45) is 5.73 Å². The van der Waals surface area contributed by atoms with Gasteiger partial charge in [-0.15, -0.1) is 0 Å². The van der Waals surface area contributed by atoms with Crippen LogP contribution in [0.1, 0.15) is 16.7 Å². The quantitative estimate of drug-likeness (QED) is 0.327. The fourth-order valence-electron chi connectivity index (χ4n) is 3.65. The predicted molar refractivity (Wildman–Crippen MR) is 138 cm³/mol. The lowest BCUT2D eigenvalue weighted by Crippen LogP contribution is -2.25. The molecule has 1 fully saturated rings. The predicted octanol–water partition coefficient (Wildman–Crippen LogP) is 4.42. The van der Waals surface area contributed by atoms with Crippen LogP contribution >= 0.6 is 11.8 Å². The van der Waals surface area contributed by atoms with E-state index in [0.29, 0.717) is 46.1 Å². The van der Waals surface area contributed by atoms with Crippen molar-refractivity contribution in [1.29, 1.82) is 0 Å². The molecular formula is C27H24N2O6S. The van der Waals surface area contributed by atoms with Gasteiger partial charge < -0.3 is 19.9 Å². The van der Waals surface area contributed by atoms with Gasteiger partial charge in [-0.25, -0.2) is 0 Å². The van der Waals surface area contributed by atoms with Crippen molar-refractivity contribution in [3.63, 3.8) is 0 Å². The molecule has 0 bridgehead atoms. The minimum atomic E-state index is -0.572. The first-order chi connectivity index (χ1) is 17.3. The summed E-state index contributed by atoms with van der Waals surface area (Å²) in [7, 11) is 3.11. The van der Waals surface area contributed by atoms with Gasteiger partial charge >= 0.3 is 0 Å². The topological polar surface area (TPSA) is 117 Å². The Labute approximate surface area is 212 Å². The second kappa shape index (κ2) is 11.0. The number of rotatable bonds is 9. The second-order valence-electron chi connectivity index (χ2n) is 7.93. The molecule has 0 saturated carbocycles. The number of benzene rings is 3. The Morgan fingerprint density at radius 2 is 1.50 bits per heavy atom. The van der Waals surface area contributed by atoms with Crippen molar-refractivity contribution in [3.8, 4) is 23.0 Å². The first-order valence-corrected chi connectivity index (χ1v) is 11.9. The molecule has 0 radical (unpaired) electrons. The number of hydrogen-bond acceptors (Lipinski definition) is 7. The number of carbonyl (C=O) groups is 3. The van der Waals surface area contributed by atoms with E-state index in [9.17, 15) is 14.4 Å². The molecule has 1 aliphatic rings. The Hall–Kier alpha value is -4.24. The maximum Gasteiger partial charge on any atom is 0.286 e. The van der Waals surface area contributed by atoms with Gasteiger partial charge in [0, 0.05) is 11.6 Å². The number of hydrogen-bond donors (Lipinski definition) is 2. The maximum atomic E-state index is 12.2. The van der Waals surface area contributed by atoms with Gasteiger partial charge in [0.1, 0.15) is 23.0 Å². The zero-order valence-corrected chi connectivity index (χ0v) is 20.5. The number of primary amides is 1. The molecule has 3 aromatic carbocycles. The van der Waals surface area contributed by atoms with E-state index in [-0.39, 0.29) is 11.1 Å². The van der Waals surface area contributed by atoms with Crippen molar-refractivity contribution in [2.75, 3.05) is 14.2 Å². The molecule has 3 amide bonds. The van der Waals surface area contributed by atoms with E-state index in [1.165, 1.54) is 0 Å². The van der Waals surface area contributed by atoms with Gasteiger partial charge in [-0.05, 0) is 65.6 Å². The number of nitrogens with one attached hydrogen (secondary N) is 1. The fraction of sp³-hybridized carbons (Fsp3) is 0.148. The molecule has 184 valence electrons. The lowest BCUT2D eigenvalue weighted by Gasteiger charge is -2.10. The lowest BCUT2D eigenvalue weighted by atomic mass is 10.0. The average molecular weight is 505 g/mol. The second-order valence-corrected chi connectivity index (χ2v) is 9.10. The SMILES string of the molecule is COc1cc(/C=C(/C(N)=O)c2ccc(Oc3ccc(CC4SC(=O)NC4=O)cc3)cc2)cc(OC)c1. The van der Waals surface area contributed by atoms with Crippen LogP contribution in [0.3, 0.4) is 0 Å². The number of ether oxygens (including phenoxy) is 3. The molecule has 3 aromatic rings. The Balaban J connectivity index is 1.47. The van der Waals surface area contributed by atoms with Gasteiger partial charge in [0.2, 0.25) is 11.8 Å². The number of amides is 3. The van der Waals surface area contributed by atoms with Crippen LogP contribution in [0.2, 0.25) is 0 Å². The van der Waals surface area contributed by atoms with Crippen LogP contribution in [-0.2, 0) is 16.0 Å². The van der Waals surface area contributed by atoms with Crippen LogP contribution < -0.4 is 25.3 Å². The van der Waals surface area contributed by atoms with Gasteiger partial charge in [-0.2, -0.15) is 0 Å². The number of thioether (sulfide) groups is 1. The fourth-order valence-corrected chi connectivity index (χ4v) is 4.51. The van der Waals surface area contributed by atoms with Gasteiger partial charge in [0.25, 0.3) is 5.24 Å². The molecule has 8 nitrogen and oxygen atoms in total. The summed E-state index contributed by atoms with van der Waals surface area (Å²) >= 11 is 1.00. The van der Waals surface area contributed by atoms with Crippen LogP contribution in [0.4, 0.5) is 4.79 Å². The molecule has 1 heterocycles. The third-order valence-corrected chi connectivity index (χ3v) is 6.44. The highest BCUT2D eigenvalue weighted by atomic mass is 32.2. The molecule has 9 heteroatoms. The van der Waals surface area contributed by atoms with Crippen molar-refractivity contribution in [1.82, 2.24) is 5.32 Å². The third kappa shape index (κ3) is 6.05. The molecule has 0 spiro atoms. The Morgan fingerprint density at radius 3 is 2.00 bits per heavy atom. The summed E-state index contributed by atoms with van der Waals surface area (Å²) in [4.78, 5) is 35.3. The molecule has 1 atom stereocenters. The van der Waals surface area contributed by atoms with Crippen molar-refractivity contribution >= 4 is 40.5 Å². The number of methoxy groups -OCH3 is 2. The van der Waals surface area contributed by atoms with E-state index >= 15 is 0 Å².